The maximum absolute atomic E-state index is 12.5. The molecule has 0 radical (unpaired) electrons. The Bertz CT molecular complexity index is 1050. The number of benzene rings is 2. The minimum atomic E-state index is -0.393. The summed E-state index contributed by atoms with van der Waals surface area (Å²) in [7, 11) is 0. The number of hydrogen-bond acceptors (Lipinski definition) is 5. The highest BCUT2D eigenvalue weighted by molar-refractivity contribution is 5.85. The van der Waals surface area contributed by atoms with E-state index >= 15 is 0 Å². The SMILES string of the molecule is CCN(Cc1nc2ccccc2c(=O)[nH]1)C(=O)CNC(=O)COc1ccccc1. The van der Waals surface area contributed by atoms with Crippen LogP contribution in [0.15, 0.2) is 59.4 Å². The van der Waals surface area contributed by atoms with E-state index in [0.29, 0.717) is 29.0 Å². The number of ether oxygens (including phenoxy) is 1. The van der Waals surface area contributed by atoms with E-state index in [4.69, 9.17) is 4.74 Å². The fourth-order valence-corrected chi connectivity index (χ4v) is 2.77. The molecular formula is C21H22N4O4. The van der Waals surface area contributed by atoms with Crippen LogP contribution in [0, 0.1) is 0 Å². The normalized spacial score (nSPS) is 10.5. The second-order valence-corrected chi connectivity index (χ2v) is 6.32. The number of aromatic amines is 1. The number of para-hydroxylation sites is 2. The maximum Gasteiger partial charge on any atom is 0.258 e. The van der Waals surface area contributed by atoms with Crippen molar-refractivity contribution in [1.29, 1.82) is 0 Å². The molecule has 2 N–H and O–H groups in total. The van der Waals surface area contributed by atoms with E-state index in [1.54, 1.807) is 48.5 Å². The largest absolute Gasteiger partial charge is 0.484 e. The van der Waals surface area contributed by atoms with Gasteiger partial charge in [-0.25, -0.2) is 4.98 Å². The Morgan fingerprint density at radius 2 is 1.83 bits per heavy atom. The number of carbonyl (C=O) groups is 2. The molecule has 0 unspecified atom stereocenters. The lowest BCUT2D eigenvalue weighted by molar-refractivity contribution is -0.133. The lowest BCUT2D eigenvalue weighted by atomic mass is 10.2. The van der Waals surface area contributed by atoms with Crippen LogP contribution < -0.4 is 15.6 Å². The number of aromatic nitrogens is 2. The molecule has 0 aliphatic rings. The molecule has 2 aromatic carbocycles. The van der Waals surface area contributed by atoms with Gasteiger partial charge in [-0.05, 0) is 31.2 Å². The number of nitrogens with one attached hydrogen (secondary N) is 2. The van der Waals surface area contributed by atoms with Gasteiger partial charge in [0.05, 0.1) is 24.0 Å². The lowest BCUT2D eigenvalue weighted by Gasteiger charge is -2.20. The molecule has 8 heteroatoms. The Kier molecular flexibility index (Phi) is 6.57. The number of hydrogen-bond donors (Lipinski definition) is 2. The first-order chi connectivity index (χ1) is 14.1. The first kappa shape index (κ1) is 20.1. The van der Waals surface area contributed by atoms with Crippen LogP contribution in [0.1, 0.15) is 12.7 Å². The Labute approximate surface area is 167 Å². The van der Waals surface area contributed by atoms with Crippen molar-refractivity contribution >= 4 is 22.7 Å². The molecule has 150 valence electrons. The van der Waals surface area contributed by atoms with Gasteiger partial charge in [0.25, 0.3) is 11.5 Å². The quantitative estimate of drug-likeness (QED) is 0.602. The monoisotopic (exact) mass is 394 g/mol. The second-order valence-electron chi connectivity index (χ2n) is 6.32. The third-order valence-corrected chi connectivity index (χ3v) is 4.29. The van der Waals surface area contributed by atoms with Gasteiger partial charge in [0, 0.05) is 6.54 Å². The molecule has 1 heterocycles. The number of fused-ring (bicyclic) bond motifs is 1. The van der Waals surface area contributed by atoms with Crippen LogP contribution in [0.5, 0.6) is 5.75 Å². The van der Waals surface area contributed by atoms with Crippen molar-refractivity contribution in [2.45, 2.75) is 13.5 Å². The average molecular weight is 394 g/mol. The number of carbonyl (C=O) groups excluding carboxylic acids is 2. The van der Waals surface area contributed by atoms with Crippen LogP contribution in [0.3, 0.4) is 0 Å². The minimum absolute atomic E-state index is 0.145. The molecular weight excluding hydrogens is 372 g/mol. The van der Waals surface area contributed by atoms with Crippen molar-refractivity contribution in [2.75, 3.05) is 19.7 Å². The van der Waals surface area contributed by atoms with Crippen LogP contribution in [0.4, 0.5) is 0 Å². The van der Waals surface area contributed by atoms with E-state index < -0.39 is 5.91 Å². The molecule has 0 aliphatic heterocycles. The topological polar surface area (TPSA) is 104 Å². The van der Waals surface area contributed by atoms with Crippen LogP contribution >= 0.6 is 0 Å². The summed E-state index contributed by atoms with van der Waals surface area (Å²) in [6.07, 6.45) is 0. The summed E-state index contributed by atoms with van der Waals surface area (Å²) < 4.78 is 5.35. The molecule has 8 nitrogen and oxygen atoms in total. The molecule has 3 aromatic rings. The highest BCUT2D eigenvalue weighted by atomic mass is 16.5. The molecule has 29 heavy (non-hydrogen) atoms. The highest BCUT2D eigenvalue weighted by Gasteiger charge is 2.15. The van der Waals surface area contributed by atoms with E-state index in [2.05, 4.69) is 15.3 Å². The lowest BCUT2D eigenvalue weighted by Crippen LogP contribution is -2.41. The molecule has 0 saturated carbocycles. The van der Waals surface area contributed by atoms with E-state index in [9.17, 15) is 14.4 Å². The zero-order chi connectivity index (χ0) is 20.6. The summed E-state index contributed by atoms with van der Waals surface area (Å²) in [5.41, 5.74) is 0.321. The highest BCUT2D eigenvalue weighted by Crippen LogP contribution is 2.08. The summed E-state index contributed by atoms with van der Waals surface area (Å²) in [6, 6.07) is 16.0. The molecule has 3 rings (SSSR count). The number of likely N-dealkylation sites (N-methyl/N-ethyl adjacent to an activating group) is 1. The van der Waals surface area contributed by atoms with Crippen LogP contribution in [0.2, 0.25) is 0 Å². The van der Waals surface area contributed by atoms with E-state index in [0.717, 1.165) is 0 Å². The summed E-state index contributed by atoms with van der Waals surface area (Å²) >= 11 is 0. The third kappa shape index (κ3) is 5.41. The molecule has 0 bridgehead atoms. The van der Waals surface area contributed by atoms with Crippen LogP contribution in [-0.2, 0) is 16.1 Å². The van der Waals surface area contributed by atoms with Gasteiger partial charge in [0.1, 0.15) is 11.6 Å². The smallest absolute Gasteiger partial charge is 0.258 e. The zero-order valence-corrected chi connectivity index (χ0v) is 16.1. The van der Waals surface area contributed by atoms with Gasteiger partial charge in [0.2, 0.25) is 5.91 Å². The third-order valence-electron chi connectivity index (χ3n) is 4.29. The summed E-state index contributed by atoms with van der Waals surface area (Å²) in [5, 5.41) is 3.04. The van der Waals surface area contributed by atoms with Gasteiger partial charge in [0.15, 0.2) is 6.61 Å². The molecule has 2 amide bonds. The van der Waals surface area contributed by atoms with Crippen molar-refractivity contribution in [1.82, 2.24) is 20.2 Å². The average Bonchev–Trinajstić information content (AvgIpc) is 2.75. The first-order valence-electron chi connectivity index (χ1n) is 9.27. The summed E-state index contributed by atoms with van der Waals surface area (Å²) in [6.45, 7) is 2.03. The zero-order valence-electron chi connectivity index (χ0n) is 16.1. The van der Waals surface area contributed by atoms with Crippen molar-refractivity contribution in [3.63, 3.8) is 0 Å². The maximum atomic E-state index is 12.5. The fourth-order valence-electron chi connectivity index (χ4n) is 2.77. The van der Waals surface area contributed by atoms with Crippen LogP contribution in [0.25, 0.3) is 10.9 Å². The number of amides is 2. The number of rotatable bonds is 8. The predicted octanol–water partition coefficient (Wildman–Crippen LogP) is 1.47. The van der Waals surface area contributed by atoms with Gasteiger partial charge >= 0.3 is 0 Å². The number of H-pyrrole nitrogens is 1. The predicted molar refractivity (Wildman–Crippen MR) is 108 cm³/mol. The van der Waals surface area contributed by atoms with Crippen molar-refractivity contribution < 1.29 is 14.3 Å². The first-order valence-corrected chi connectivity index (χ1v) is 9.27. The number of nitrogens with zero attached hydrogens (tertiary/aromatic N) is 2. The standard InChI is InChI=1S/C21H22N4O4/c1-2-25(13-18-23-17-11-7-6-10-16(17)21(28)24-18)20(27)12-22-19(26)14-29-15-8-4-3-5-9-15/h3-11H,2,12-14H2,1H3,(H,22,26)(H,23,24,28). The Hall–Kier alpha value is -3.68. The molecule has 1 aromatic heterocycles. The Morgan fingerprint density at radius 3 is 2.59 bits per heavy atom. The van der Waals surface area contributed by atoms with Crippen LogP contribution in [-0.4, -0.2) is 46.4 Å². The van der Waals surface area contributed by atoms with E-state index in [1.165, 1.54) is 4.90 Å². The summed E-state index contributed by atoms with van der Waals surface area (Å²) in [5.74, 6) is 0.296. The second kappa shape index (κ2) is 9.50. The van der Waals surface area contributed by atoms with E-state index in [1.807, 2.05) is 13.0 Å². The van der Waals surface area contributed by atoms with Gasteiger partial charge in [-0.15, -0.1) is 0 Å². The Morgan fingerprint density at radius 1 is 1.10 bits per heavy atom. The van der Waals surface area contributed by atoms with Gasteiger partial charge in [-0.2, -0.15) is 0 Å². The van der Waals surface area contributed by atoms with Gasteiger partial charge < -0.3 is 19.9 Å². The molecule has 0 atom stereocenters. The van der Waals surface area contributed by atoms with Crippen molar-refractivity contribution in [2.24, 2.45) is 0 Å². The minimum Gasteiger partial charge on any atom is -0.484 e. The van der Waals surface area contributed by atoms with Gasteiger partial charge in [-0.1, -0.05) is 30.3 Å². The molecule has 0 saturated heterocycles. The van der Waals surface area contributed by atoms with Crippen molar-refractivity contribution in [3.8, 4) is 5.75 Å². The molecule has 0 fully saturated rings. The fraction of sp³-hybridized carbons (Fsp3) is 0.238. The Balaban J connectivity index is 1.55. The van der Waals surface area contributed by atoms with Gasteiger partial charge in [-0.3, -0.25) is 14.4 Å². The summed E-state index contributed by atoms with van der Waals surface area (Å²) in [4.78, 5) is 45.2. The molecule has 0 spiro atoms. The van der Waals surface area contributed by atoms with Crippen molar-refractivity contribution in [3.05, 3.63) is 70.8 Å². The molecule has 0 aliphatic carbocycles. The van der Waals surface area contributed by atoms with E-state index in [-0.39, 0.29) is 31.2 Å².